The number of thiol groups is 1. The van der Waals surface area contributed by atoms with Crippen LogP contribution in [0.4, 0.5) is 0 Å². The quantitative estimate of drug-likeness (QED) is 0.637. The molecule has 1 aliphatic heterocycles. The summed E-state index contributed by atoms with van der Waals surface area (Å²) in [6.07, 6.45) is 4.40. The van der Waals surface area contributed by atoms with Crippen molar-refractivity contribution >= 4 is 18.5 Å². The molecule has 12 heavy (non-hydrogen) atoms. The van der Waals surface area contributed by atoms with Crippen molar-refractivity contribution in [3.8, 4) is 0 Å². The molecule has 0 aromatic heterocycles. The van der Waals surface area contributed by atoms with E-state index in [-0.39, 0.29) is 0 Å². The molecule has 0 atom stereocenters. The summed E-state index contributed by atoms with van der Waals surface area (Å²) >= 11 is 3.53. The largest absolute Gasteiger partial charge is 0.343 e. The smallest absolute Gasteiger partial charge is 0.222 e. The molecule has 2 N–H and O–H groups in total. The summed E-state index contributed by atoms with van der Waals surface area (Å²) in [6.45, 7) is 2.48. The van der Waals surface area contributed by atoms with Crippen molar-refractivity contribution in [1.29, 1.82) is 0 Å². The number of carbonyl (C=O) groups is 1. The summed E-state index contributed by atoms with van der Waals surface area (Å²) in [4.78, 5) is 12.9. The number of nitrogens with zero attached hydrogens (tertiary/aromatic N) is 1. The Labute approximate surface area is 79.7 Å². The molecule has 0 aliphatic carbocycles. The number of carbonyl (C=O) groups excluding carboxylic acids is 1. The molecule has 1 fully saturated rings. The van der Waals surface area contributed by atoms with Gasteiger partial charge < -0.3 is 10.6 Å². The van der Waals surface area contributed by atoms with Gasteiger partial charge in [0.05, 0.1) is 0 Å². The fourth-order valence-electron chi connectivity index (χ4n) is 1.22. The van der Waals surface area contributed by atoms with E-state index in [4.69, 9.17) is 5.73 Å². The molecular weight excluding hydrogens is 172 g/mol. The fraction of sp³-hybridized carbons (Fsp3) is 0.875. The van der Waals surface area contributed by atoms with Crippen LogP contribution < -0.4 is 5.73 Å². The molecule has 4 heteroatoms. The Balaban J connectivity index is 0.000000561. The van der Waals surface area contributed by atoms with Gasteiger partial charge >= 0.3 is 0 Å². The number of nitrogens with two attached hydrogens (primary N) is 1. The van der Waals surface area contributed by atoms with E-state index in [0.717, 1.165) is 32.4 Å². The summed E-state index contributed by atoms with van der Waals surface area (Å²) in [7, 11) is 0. The molecule has 0 aromatic rings. The third-order valence-corrected chi connectivity index (χ3v) is 1.80. The highest BCUT2D eigenvalue weighted by atomic mass is 32.1. The number of likely N-dealkylation sites (tertiary alicyclic amines) is 1. The maximum atomic E-state index is 11.0. The van der Waals surface area contributed by atoms with Crippen molar-refractivity contribution in [2.45, 2.75) is 19.3 Å². The Morgan fingerprint density at radius 1 is 1.58 bits per heavy atom. The molecule has 1 amide bonds. The van der Waals surface area contributed by atoms with Gasteiger partial charge in [-0.15, -0.1) is 0 Å². The first kappa shape index (κ1) is 11.8. The first-order valence-corrected chi connectivity index (χ1v) is 5.16. The zero-order valence-electron chi connectivity index (χ0n) is 7.62. The van der Waals surface area contributed by atoms with Crippen LogP contribution in [0.15, 0.2) is 0 Å². The molecule has 3 nitrogen and oxygen atoms in total. The highest BCUT2D eigenvalue weighted by Gasteiger charge is 2.18. The molecule has 1 heterocycles. The van der Waals surface area contributed by atoms with Crippen LogP contribution in [0.2, 0.25) is 0 Å². The molecule has 72 valence electrons. The molecule has 1 rings (SSSR count). The highest BCUT2D eigenvalue weighted by Crippen LogP contribution is 2.08. The van der Waals surface area contributed by atoms with E-state index in [9.17, 15) is 4.79 Å². The van der Waals surface area contributed by atoms with Crippen LogP contribution in [0.5, 0.6) is 0 Å². The number of amides is 1. The number of hydrogen-bond acceptors (Lipinski definition) is 3. The van der Waals surface area contributed by atoms with Crippen LogP contribution in [-0.2, 0) is 4.79 Å². The predicted molar refractivity (Wildman–Crippen MR) is 54.4 cm³/mol. The average Bonchev–Trinajstić information content (AvgIpc) is 2.51. The summed E-state index contributed by atoms with van der Waals surface area (Å²) in [6, 6.07) is 0. The first-order chi connectivity index (χ1) is 5.84. The minimum Gasteiger partial charge on any atom is -0.343 e. The van der Waals surface area contributed by atoms with E-state index in [1.165, 1.54) is 0 Å². The van der Waals surface area contributed by atoms with E-state index >= 15 is 0 Å². The van der Waals surface area contributed by atoms with Crippen LogP contribution in [0.3, 0.4) is 0 Å². The van der Waals surface area contributed by atoms with Crippen molar-refractivity contribution in [2.24, 2.45) is 5.73 Å². The van der Waals surface area contributed by atoms with Crippen molar-refractivity contribution in [3.63, 3.8) is 0 Å². The average molecular weight is 190 g/mol. The van der Waals surface area contributed by atoms with Gasteiger partial charge in [0.1, 0.15) is 0 Å². The Bertz CT molecular complexity index is 130. The van der Waals surface area contributed by atoms with Gasteiger partial charge in [-0.25, -0.2) is 0 Å². The van der Waals surface area contributed by atoms with Gasteiger partial charge in [0, 0.05) is 19.5 Å². The van der Waals surface area contributed by atoms with Crippen molar-refractivity contribution in [3.05, 3.63) is 0 Å². The first-order valence-electron chi connectivity index (χ1n) is 4.27. The van der Waals surface area contributed by atoms with Crippen LogP contribution in [0.25, 0.3) is 0 Å². The van der Waals surface area contributed by atoms with Crippen LogP contribution >= 0.6 is 12.6 Å². The lowest BCUT2D eigenvalue weighted by molar-refractivity contribution is -0.127. The maximum Gasteiger partial charge on any atom is 0.222 e. The molecule has 0 radical (unpaired) electrons. The molecule has 1 saturated heterocycles. The normalized spacial score (nSPS) is 15.9. The van der Waals surface area contributed by atoms with Crippen LogP contribution in [0.1, 0.15) is 19.3 Å². The summed E-state index contributed by atoms with van der Waals surface area (Å²) in [5, 5.41) is 0. The zero-order chi connectivity index (χ0) is 9.40. The Kier molecular flexibility index (Phi) is 7.29. The second-order valence-electron chi connectivity index (χ2n) is 2.63. The van der Waals surface area contributed by atoms with E-state index < -0.39 is 0 Å². The lowest BCUT2D eigenvalue weighted by Gasteiger charge is -2.13. The maximum absolute atomic E-state index is 11.0. The second kappa shape index (κ2) is 7.43. The lowest BCUT2D eigenvalue weighted by Crippen LogP contribution is -2.27. The van der Waals surface area contributed by atoms with E-state index in [1.54, 1.807) is 6.26 Å². The standard InChI is InChI=1S/C7H14N2O.CH4S/c8-4-2-6-9-5-1-3-7(9)10;1-2/h1-6,8H2;2H,1H3. The summed E-state index contributed by atoms with van der Waals surface area (Å²) in [5.41, 5.74) is 5.31. The molecule has 0 unspecified atom stereocenters. The minimum atomic E-state index is 0.299. The monoisotopic (exact) mass is 190 g/mol. The van der Waals surface area contributed by atoms with Gasteiger partial charge in [0.25, 0.3) is 0 Å². The molecule has 0 bridgehead atoms. The molecular formula is C8H18N2OS. The Morgan fingerprint density at radius 2 is 2.25 bits per heavy atom. The topological polar surface area (TPSA) is 46.3 Å². The molecule has 1 aliphatic rings. The highest BCUT2D eigenvalue weighted by molar-refractivity contribution is 7.79. The van der Waals surface area contributed by atoms with Gasteiger partial charge in [0.2, 0.25) is 5.91 Å². The molecule has 0 aromatic carbocycles. The van der Waals surface area contributed by atoms with Crippen molar-refractivity contribution in [1.82, 2.24) is 4.90 Å². The van der Waals surface area contributed by atoms with Crippen LogP contribution in [-0.4, -0.2) is 36.7 Å². The molecule has 0 saturated carbocycles. The van der Waals surface area contributed by atoms with E-state index in [0.29, 0.717) is 12.5 Å². The van der Waals surface area contributed by atoms with Crippen molar-refractivity contribution < 1.29 is 4.79 Å². The van der Waals surface area contributed by atoms with E-state index in [2.05, 4.69) is 12.6 Å². The van der Waals surface area contributed by atoms with E-state index in [1.807, 2.05) is 4.90 Å². The SMILES string of the molecule is CS.NCCCN1CCCC1=O. The molecule has 0 spiro atoms. The minimum absolute atomic E-state index is 0.299. The zero-order valence-corrected chi connectivity index (χ0v) is 8.52. The van der Waals surface area contributed by atoms with Crippen LogP contribution in [0, 0.1) is 0 Å². The third-order valence-electron chi connectivity index (χ3n) is 1.80. The Morgan fingerprint density at radius 3 is 2.67 bits per heavy atom. The second-order valence-corrected chi connectivity index (χ2v) is 2.63. The Hall–Kier alpha value is -0.220. The van der Waals surface area contributed by atoms with Gasteiger partial charge in [0.15, 0.2) is 0 Å². The third kappa shape index (κ3) is 3.97. The van der Waals surface area contributed by atoms with Gasteiger partial charge in [-0.2, -0.15) is 12.6 Å². The fourth-order valence-corrected chi connectivity index (χ4v) is 1.22. The lowest BCUT2D eigenvalue weighted by atomic mass is 10.4. The predicted octanol–water partition coefficient (Wildman–Crippen LogP) is 0.504. The van der Waals surface area contributed by atoms with Gasteiger partial charge in [-0.3, -0.25) is 4.79 Å². The number of hydrogen-bond donors (Lipinski definition) is 2. The summed E-state index contributed by atoms with van der Waals surface area (Å²) in [5.74, 6) is 0.299. The van der Waals surface area contributed by atoms with Crippen molar-refractivity contribution in [2.75, 3.05) is 25.9 Å². The van der Waals surface area contributed by atoms with Gasteiger partial charge in [-0.05, 0) is 25.6 Å². The number of rotatable bonds is 3. The summed E-state index contributed by atoms with van der Waals surface area (Å²) < 4.78 is 0. The van der Waals surface area contributed by atoms with Gasteiger partial charge in [-0.1, -0.05) is 0 Å².